The van der Waals surface area contributed by atoms with Crippen molar-refractivity contribution < 1.29 is 18.7 Å². The summed E-state index contributed by atoms with van der Waals surface area (Å²) >= 11 is 0. The standard InChI is InChI=1S/C17H16FNO3/c18-13-7-5-12(6-8-13)9-17(20)19-10-14-11-21-15-3-1-2-4-16(15)22-14/h1-8,14H,9-11H2,(H,19,20)/t14-/m1/s1. The van der Waals surface area contributed by atoms with Crippen LogP contribution in [0.3, 0.4) is 0 Å². The van der Waals surface area contributed by atoms with E-state index in [-0.39, 0.29) is 24.2 Å². The van der Waals surface area contributed by atoms with Crippen molar-refractivity contribution >= 4 is 5.91 Å². The molecule has 1 heterocycles. The fourth-order valence-corrected chi connectivity index (χ4v) is 2.24. The van der Waals surface area contributed by atoms with E-state index >= 15 is 0 Å². The van der Waals surface area contributed by atoms with E-state index in [4.69, 9.17) is 9.47 Å². The van der Waals surface area contributed by atoms with Crippen LogP contribution >= 0.6 is 0 Å². The molecule has 0 radical (unpaired) electrons. The number of hydrogen-bond donors (Lipinski definition) is 1. The molecule has 0 bridgehead atoms. The number of halogens is 1. The lowest BCUT2D eigenvalue weighted by atomic mass is 10.1. The second-order valence-electron chi connectivity index (χ2n) is 5.10. The molecule has 22 heavy (non-hydrogen) atoms. The summed E-state index contributed by atoms with van der Waals surface area (Å²) in [5.41, 5.74) is 0.769. The lowest BCUT2D eigenvalue weighted by Crippen LogP contribution is -2.41. The molecule has 1 aliphatic rings. The van der Waals surface area contributed by atoms with Crippen molar-refractivity contribution in [2.24, 2.45) is 0 Å². The van der Waals surface area contributed by atoms with Crippen LogP contribution in [0, 0.1) is 5.82 Å². The fraction of sp³-hybridized carbons (Fsp3) is 0.235. The second kappa shape index (κ2) is 6.47. The molecule has 114 valence electrons. The van der Waals surface area contributed by atoms with Gasteiger partial charge < -0.3 is 14.8 Å². The lowest BCUT2D eigenvalue weighted by Gasteiger charge is -2.26. The van der Waals surface area contributed by atoms with Crippen molar-refractivity contribution in [3.8, 4) is 11.5 Å². The number of carbonyl (C=O) groups excluding carboxylic acids is 1. The van der Waals surface area contributed by atoms with Gasteiger partial charge in [0.15, 0.2) is 11.5 Å². The van der Waals surface area contributed by atoms with Crippen molar-refractivity contribution in [2.45, 2.75) is 12.5 Å². The van der Waals surface area contributed by atoms with Crippen molar-refractivity contribution in [1.82, 2.24) is 5.32 Å². The van der Waals surface area contributed by atoms with Gasteiger partial charge in [-0.05, 0) is 29.8 Å². The van der Waals surface area contributed by atoms with Crippen LogP contribution in [0.1, 0.15) is 5.56 Å². The minimum absolute atomic E-state index is 0.130. The molecule has 0 aromatic heterocycles. The molecule has 5 heteroatoms. The van der Waals surface area contributed by atoms with E-state index < -0.39 is 0 Å². The average Bonchev–Trinajstić information content (AvgIpc) is 2.55. The highest BCUT2D eigenvalue weighted by molar-refractivity contribution is 5.78. The molecule has 0 saturated carbocycles. The maximum absolute atomic E-state index is 12.8. The molecule has 3 rings (SSSR count). The first kappa shape index (κ1) is 14.4. The molecule has 0 spiro atoms. The van der Waals surface area contributed by atoms with Gasteiger partial charge in [-0.25, -0.2) is 4.39 Å². The second-order valence-corrected chi connectivity index (χ2v) is 5.10. The topological polar surface area (TPSA) is 47.6 Å². The van der Waals surface area contributed by atoms with Gasteiger partial charge in [0.1, 0.15) is 18.5 Å². The van der Waals surface area contributed by atoms with Gasteiger partial charge in [0.2, 0.25) is 5.91 Å². The first-order valence-corrected chi connectivity index (χ1v) is 7.10. The molecule has 2 aromatic carbocycles. The maximum atomic E-state index is 12.8. The van der Waals surface area contributed by atoms with Crippen LogP contribution in [0.25, 0.3) is 0 Å². The highest BCUT2D eigenvalue weighted by atomic mass is 19.1. The third-order valence-electron chi connectivity index (χ3n) is 3.37. The fourth-order valence-electron chi connectivity index (χ4n) is 2.24. The van der Waals surface area contributed by atoms with Gasteiger partial charge in [-0.1, -0.05) is 24.3 Å². The molecule has 1 amide bonds. The van der Waals surface area contributed by atoms with E-state index in [0.717, 1.165) is 11.3 Å². The van der Waals surface area contributed by atoms with Crippen LogP contribution in [0.2, 0.25) is 0 Å². The van der Waals surface area contributed by atoms with Gasteiger partial charge in [0, 0.05) is 0 Å². The highest BCUT2D eigenvalue weighted by Crippen LogP contribution is 2.30. The SMILES string of the molecule is O=C(Cc1ccc(F)cc1)NC[C@@H]1COc2ccccc2O1. The first-order chi connectivity index (χ1) is 10.7. The number of rotatable bonds is 4. The molecule has 0 fully saturated rings. The first-order valence-electron chi connectivity index (χ1n) is 7.10. The van der Waals surface area contributed by atoms with Crippen LogP contribution in [-0.4, -0.2) is 25.2 Å². The molecule has 4 nitrogen and oxygen atoms in total. The number of carbonyl (C=O) groups is 1. The van der Waals surface area contributed by atoms with Crippen LogP contribution < -0.4 is 14.8 Å². The molecular weight excluding hydrogens is 285 g/mol. The molecular formula is C17H16FNO3. The summed E-state index contributed by atoms with van der Waals surface area (Å²) in [5, 5.41) is 2.81. The van der Waals surface area contributed by atoms with Crippen molar-refractivity contribution in [3.05, 3.63) is 59.9 Å². The number of fused-ring (bicyclic) bond motifs is 1. The van der Waals surface area contributed by atoms with Gasteiger partial charge in [0.05, 0.1) is 13.0 Å². The Labute approximate surface area is 127 Å². The van der Waals surface area contributed by atoms with Gasteiger partial charge in [0.25, 0.3) is 0 Å². The molecule has 1 N–H and O–H groups in total. The number of para-hydroxylation sites is 2. The van der Waals surface area contributed by atoms with Crippen LogP contribution in [-0.2, 0) is 11.2 Å². The van der Waals surface area contributed by atoms with E-state index in [1.54, 1.807) is 12.1 Å². The maximum Gasteiger partial charge on any atom is 0.224 e. The number of amides is 1. The molecule has 2 aromatic rings. The Morgan fingerprint density at radius 2 is 1.86 bits per heavy atom. The highest BCUT2D eigenvalue weighted by Gasteiger charge is 2.20. The Morgan fingerprint density at radius 1 is 1.14 bits per heavy atom. The van der Waals surface area contributed by atoms with E-state index in [0.29, 0.717) is 18.9 Å². The Kier molecular flexibility index (Phi) is 4.23. The quantitative estimate of drug-likeness (QED) is 0.943. The van der Waals surface area contributed by atoms with Gasteiger partial charge in [-0.2, -0.15) is 0 Å². The predicted octanol–water partition coefficient (Wildman–Crippen LogP) is 2.32. The van der Waals surface area contributed by atoms with Gasteiger partial charge in [-0.15, -0.1) is 0 Å². The Bertz CT molecular complexity index is 657. The van der Waals surface area contributed by atoms with E-state index in [1.165, 1.54) is 12.1 Å². The normalized spacial score (nSPS) is 16.1. The Balaban J connectivity index is 1.49. The summed E-state index contributed by atoms with van der Waals surface area (Å²) in [6.07, 6.45) is -0.00294. The number of hydrogen-bond acceptors (Lipinski definition) is 3. The minimum Gasteiger partial charge on any atom is -0.486 e. The predicted molar refractivity (Wildman–Crippen MR) is 79.5 cm³/mol. The molecule has 0 aliphatic carbocycles. The van der Waals surface area contributed by atoms with Crippen molar-refractivity contribution in [3.63, 3.8) is 0 Å². The summed E-state index contributed by atoms with van der Waals surface area (Å²) < 4.78 is 24.1. The smallest absolute Gasteiger partial charge is 0.224 e. The third kappa shape index (κ3) is 3.55. The van der Waals surface area contributed by atoms with Crippen molar-refractivity contribution in [1.29, 1.82) is 0 Å². The van der Waals surface area contributed by atoms with E-state index in [1.807, 2.05) is 24.3 Å². The Hall–Kier alpha value is -2.56. The summed E-state index contributed by atoms with van der Waals surface area (Å²) in [6.45, 7) is 0.766. The zero-order chi connectivity index (χ0) is 15.4. The average molecular weight is 301 g/mol. The summed E-state index contributed by atoms with van der Waals surface area (Å²) in [4.78, 5) is 11.9. The largest absolute Gasteiger partial charge is 0.486 e. The Morgan fingerprint density at radius 3 is 2.64 bits per heavy atom. The minimum atomic E-state index is -0.310. The third-order valence-corrected chi connectivity index (χ3v) is 3.37. The van der Waals surface area contributed by atoms with E-state index in [9.17, 15) is 9.18 Å². The van der Waals surface area contributed by atoms with Crippen LogP contribution in [0.15, 0.2) is 48.5 Å². The lowest BCUT2D eigenvalue weighted by molar-refractivity contribution is -0.120. The van der Waals surface area contributed by atoms with E-state index in [2.05, 4.69) is 5.32 Å². The zero-order valence-corrected chi connectivity index (χ0v) is 11.9. The summed E-state index contributed by atoms with van der Waals surface area (Å²) in [6, 6.07) is 13.3. The summed E-state index contributed by atoms with van der Waals surface area (Å²) in [5.74, 6) is 0.965. The number of nitrogens with one attached hydrogen (secondary N) is 1. The number of benzene rings is 2. The number of ether oxygens (including phenoxy) is 2. The van der Waals surface area contributed by atoms with Gasteiger partial charge in [-0.3, -0.25) is 4.79 Å². The van der Waals surface area contributed by atoms with Crippen LogP contribution in [0.5, 0.6) is 11.5 Å². The zero-order valence-electron chi connectivity index (χ0n) is 11.9. The van der Waals surface area contributed by atoms with Gasteiger partial charge >= 0.3 is 0 Å². The van der Waals surface area contributed by atoms with Crippen LogP contribution in [0.4, 0.5) is 4.39 Å². The molecule has 1 atom stereocenters. The summed E-state index contributed by atoms with van der Waals surface area (Å²) in [7, 11) is 0. The van der Waals surface area contributed by atoms with Crippen molar-refractivity contribution in [2.75, 3.05) is 13.2 Å². The monoisotopic (exact) mass is 301 g/mol. The molecule has 0 unspecified atom stereocenters. The molecule has 1 aliphatic heterocycles. The molecule has 0 saturated heterocycles.